The minimum absolute atomic E-state index is 0.0960. The lowest BCUT2D eigenvalue weighted by Crippen LogP contribution is -2.82. The summed E-state index contributed by atoms with van der Waals surface area (Å²) in [5.41, 5.74) is -3.55. The molecule has 6 aliphatic rings. The predicted molar refractivity (Wildman–Crippen MR) is 169 cm³/mol. The van der Waals surface area contributed by atoms with Crippen LogP contribution in [0.5, 0.6) is 5.75 Å². The van der Waals surface area contributed by atoms with Crippen molar-refractivity contribution < 1.29 is 43.5 Å². The van der Waals surface area contributed by atoms with E-state index in [0.29, 0.717) is 49.1 Å². The van der Waals surface area contributed by atoms with E-state index in [1.165, 1.54) is 7.11 Å². The van der Waals surface area contributed by atoms with E-state index in [1.807, 2.05) is 0 Å². The van der Waals surface area contributed by atoms with Crippen molar-refractivity contribution in [3.8, 4) is 5.75 Å². The standard InChI is InChI=1S/C36H44N2O9/c1-19-33(47-32(40)22-11-6-7-12-24(22)37-31(39)20-9-8-10-21(15-20)43-2)14-13-29(45-4)35-26(33)17-28(38(19)35)34(41)18-25(44-3)23-16-27(35)36(34,42)30(23)46-5/h6-12,15,19,23,25-30,41-42H,13-14,16-18H2,1-5H3,(H,37,39)/t19-,23+,25-,26?,27?,28?,29-,30-,33+,34-,35?,36-/m0/s1. The molecule has 252 valence electrons. The molecule has 2 aromatic rings. The number of carbonyl (C=O) groups excluding carboxylic acids is 2. The summed E-state index contributed by atoms with van der Waals surface area (Å²) in [7, 11) is 6.53. The third-order valence-electron chi connectivity index (χ3n) is 13.3. The molecule has 1 amide bonds. The fourth-order valence-corrected chi connectivity index (χ4v) is 11.8. The quantitative estimate of drug-likeness (QED) is 0.367. The number of aliphatic hydroxyl groups is 2. The molecule has 1 spiro atoms. The monoisotopic (exact) mass is 648 g/mol. The number of esters is 1. The molecule has 11 nitrogen and oxygen atoms in total. The molecular formula is C36H44N2O9. The first kappa shape index (κ1) is 31.2. The van der Waals surface area contributed by atoms with Crippen LogP contribution >= 0.6 is 0 Å². The number of methoxy groups -OCH3 is 4. The van der Waals surface area contributed by atoms with Crippen LogP contribution in [0, 0.1) is 17.8 Å². The third-order valence-corrected chi connectivity index (χ3v) is 13.3. The molecule has 13 atom stereocenters. The van der Waals surface area contributed by atoms with Gasteiger partial charge in [0.25, 0.3) is 5.91 Å². The second kappa shape index (κ2) is 10.5. The number of carbonyl (C=O) groups is 2. The zero-order chi connectivity index (χ0) is 33.1. The van der Waals surface area contributed by atoms with Crippen LogP contribution in [0.1, 0.15) is 59.7 Å². The number of rotatable bonds is 8. The number of ether oxygens (including phenoxy) is 5. The topological polar surface area (TPSA) is 136 Å². The smallest absolute Gasteiger partial charge is 0.340 e. The van der Waals surface area contributed by atoms with Gasteiger partial charge >= 0.3 is 5.97 Å². The SMILES string of the molecule is COc1cccc(C(=O)Nc2ccccc2C(=O)O[C@@]23CC[C@H](OC)C45C2CC(N4[C@H]3C)[C@@]2(O)C[C@H](OC)[C@H]3CC5[C@]2(O)[C@H]3OC)c1. The van der Waals surface area contributed by atoms with E-state index >= 15 is 0 Å². The van der Waals surface area contributed by atoms with Gasteiger partial charge in [0.05, 0.1) is 42.2 Å². The van der Waals surface area contributed by atoms with Gasteiger partial charge in [0.1, 0.15) is 22.6 Å². The number of benzene rings is 2. The largest absolute Gasteiger partial charge is 0.497 e. The first-order chi connectivity index (χ1) is 22.6. The van der Waals surface area contributed by atoms with E-state index in [1.54, 1.807) is 69.9 Å². The maximum atomic E-state index is 14.3. The maximum Gasteiger partial charge on any atom is 0.340 e. The van der Waals surface area contributed by atoms with E-state index in [0.717, 1.165) is 0 Å². The number of para-hydroxylation sites is 1. The summed E-state index contributed by atoms with van der Waals surface area (Å²) in [6.07, 6.45) is 1.57. The van der Waals surface area contributed by atoms with E-state index in [9.17, 15) is 19.8 Å². The van der Waals surface area contributed by atoms with Gasteiger partial charge in [-0.1, -0.05) is 18.2 Å². The summed E-state index contributed by atoms with van der Waals surface area (Å²) < 4.78 is 30.2. The van der Waals surface area contributed by atoms with Crippen molar-refractivity contribution in [2.75, 3.05) is 33.8 Å². The first-order valence-electron chi connectivity index (χ1n) is 16.7. The molecule has 47 heavy (non-hydrogen) atoms. The van der Waals surface area contributed by atoms with E-state index in [2.05, 4.69) is 17.1 Å². The van der Waals surface area contributed by atoms with Gasteiger partial charge in [0.2, 0.25) is 0 Å². The molecule has 3 saturated carbocycles. The Hall–Kier alpha value is -3.06. The van der Waals surface area contributed by atoms with Crippen molar-refractivity contribution in [1.82, 2.24) is 4.90 Å². The van der Waals surface area contributed by atoms with Crippen LogP contribution in [-0.2, 0) is 18.9 Å². The zero-order valence-electron chi connectivity index (χ0n) is 27.5. The van der Waals surface area contributed by atoms with Crippen molar-refractivity contribution in [3.63, 3.8) is 0 Å². The van der Waals surface area contributed by atoms with Crippen LogP contribution in [0.15, 0.2) is 48.5 Å². The van der Waals surface area contributed by atoms with Crippen molar-refractivity contribution in [2.45, 2.75) is 91.8 Å². The summed E-state index contributed by atoms with van der Waals surface area (Å²) in [6.45, 7) is 2.08. The molecular weight excluding hydrogens is 604 g/mol. The highest BCUT2D eigenvalue weighted by atomic mass is 16.6. The van der Waals surface area contributed by atoms with Crippen LogP contribution in [0.25, 0.3) is 0 Å². The van der Waals surface area contributed by atoms with Crippen molar-refractivity contribution >= 4 is 17.6 Å². The minimum Gasteiger partial charge on any atom is -0.497 e. The lowest BCUT2D eigenvalue weighted by molar-refractivity contribution is -0.314. The lowest BCUT2D eigenvalue weighted by atomic mass is 9.56. The third kappa shape index (κ3) is 3.62. The van der Waals surface area contributed by atoms with Gasteiger partial charge < -0.3 is 39.2 Å². The van der Waals surface area contributed by atoms with Crippen LogP contribution in [-0.4, -0.2) is 108 Å². The molecule has 7 bridgehead atoms. The summed E-state index contributed by atoms with van der Waals surface area (Å²) in [6, 6.07) is 13.0. The van der Waals surface area contributed by atoms with Gasteiger partial charge in [0, 0.05) is 63.2 Å². The molecule has 5 unspecified atom stereocenters. The highest BCUT2D eigenvalue weighted by molar-refractivity contribution is 6.08. The molecule has 3 saturated heterocycles. The fourth-order valence-electron chi connectivity index (χ4n) is 11.8. The van der Waals surface area contributed by atoms with E-state index < -0.39 is 40.5 Å². The second-order valence-electron chi connectivity index (χ2n) is 14.5. The first-order valence-corrected chi connectivity index (χ1v) is 16.7. The number of piperidine rings is 2. The Kier molecular flexibility index (Phi) is 6.95. The van der Waals surface area contributed by atoms with Gasteiger partial charge in [-0.2, -0.15) is 0 Å². The van der Waals surface area contributed by atoms with Crippen LogP contribution in [0.2, 0.25) is 0 Å². The number of hydrogen-bond donors (Lipinski definition) is 3. The van der Waals surface area contributed by atoms with Crippen LogP contribution in [0.3, 0.4) is 0 Å². The maximum absolute atomic E-state index is 14.3. The Morgan fingerprint density at radius 1 is 0.957 bits per heavy atom. The zero-order valence-corrected chi connectivity index (χ0v) is 27.5. The van der Waals surface area contributed by atoms with Crippen LogP contribution < -0.4 is 10.1 Å². The number of fused-ring (bicyclic) bond motifs is 2. The number of anilines is 1. The Labute approximate surface area is 274 Å². The molecule has 0 aromatic heterocycles. The molecule has 3 aliphatic carbocycles. The molecule has 8 rings (SSSR count). The van der Waals surface area contributed by atoms with Crippen molar-refractivity contribution in [1.29, 1.82) is 0 Å². The Morgan fingerprint density at radius 3 is 2.47 bits per heavy atom. The molecule has 2 aromatic carbocycles. The highest BCUT2D eigenvalue weighted by Crippen LogP contribution is 2.77. The van der Waals surface area contributed by atoms with Crippen LogP contribution in [0.4, 0.5) is 5.69 Å². The fraction of sp³-hybridized carbons (Fsp3) is 0.611. The minimum atomic E-state index is -1.51. The number of nitrogens with zero attached hydrogens (tertiary/aromatic N) is 1. The molecule has 3 heterocycles. The molecule has 3 aliphatic heterocycles. The van der Waals surface area contributed by atoms with Gasteiger partial charge in [0.15, 0.2) is 0 Å². The number of hydrogen-bond acceptors (Lipinski definition) is 10. The molecule has 3 N–H and O–H groups in total. The predicted octanol–water partition coefficient (Wildman–Crippen LogP) is 3.03. The van der Waals surface area contributed by atoms with E-state index in [-0.39, 0.29) is 47.5 Å². The average molecular weight is 649 g/mol. The van der Waals surface area contributed by atoms with Crippen molar-refractivity contribution in [2.24, 2.45) is 17.8 Å². The number of nitrogens with one attached hydrogen (secondary N) is 1. The Morgan fingerprint density at radius 2 is 1.74 bits per heavy atom. The highest BCUT2D eigenvalue weighted by Gasteiger charge is 2.91. The normalized spacial score (nSPS) is 45.0. The van der Waals surface area contributed by atoms with Gasteiger partial charge in [-0.25, -0.2) is 4.79 Å². The van der Waals surface area contributed by atoms with Gasteiger partial charge in [-0.05, 0) is 62.9 Å². The lowest BCUT2D eigenvalue weighted by Gasteiger charge is -2.64. The summed E-state index contributed by atoms with van der Waals surface area (Å²) >= 11 is 0. The Bertz CT molecular complexity index is 1620. The summed E-state index contributed by atoms with van der Waals surface area (Å²) in [5, 5.41) is 28.4. The Balaban J connectivity index is 1.16. The molecule has 11 heteroatoms. The van der Waals surface area contributed by atoms with Gasteiger partial charge in [-0.3, -0.25) is 9.69 Å². The molecule has 0 radical (unpaired) electrons. The second-order valence-corrected chi connectivity index (χ2v) is 14.5. The van der Waals surface area contributed by atoms with Gasteiger partial charge in [-0.15, -0.1) is 0 Å². The molecule has 6 fully saturated rings. The summed E-state index contributed by atoms with van der Waals surface area (Å²) in [5.74, 6) is -1.03. The average Bonchev–Trinajstić information content (AvgIpc) is 3.61. The van der Waals surface area contributed by atoms with E-state index in [4.69, 9.17) is 23.7 Å². The number of amides is 1. The van der Waals surface area contributed by atoms with Crippen molar-refractivity contribution in [3.05, 3.63) is 59.7 Å². The summed E-state index contributed by atoms with van der Waals surface area (Å²) in [4.78, 5) is 29.9.